The molecule has 1 nitrogen and oxygen atoms in total. The van der Waals surface area contributed by atoms with Crippen LogP contribution in [0.3, 0.4) is 0 Å². The molecule has 1 rings (SSSR count). The number of Topliss-reactive ketones (excluding diaryl/α,β-unsaturated/α-hetero) is 1. The Morgan fingerprint density at radius 2 is 1.79 bits per heavy atom. The molecule has 0 N–H and O–H groups in total. The SMILES string of the molecule is O=C(CBr)[C@H](Br)[C@H](Br)c1ccccc1. The average Bonchev–Trinajstić information content (AvgIpc) is 2.27. The first-order chi connectivity index (χ1) is 6.66. The van der Waals surface area contributed by atoms with Crippen molar-refractivity contribution in [3.8, 4) is 0 Å². The molecule has 0 spiro atoms. The maximum absolute atomic E-state index is 11.4. The predicted molar refractivity (Wildman–Crippen MR) is 69.6 cm³/mol. The van der Waals surface area contributed by atoms with Crippen molar-refractivity contribution in [2.75, 3.05) is 5.33 Å². The Balaban J connectivity index is 2.75. The van der Waals surface area contributed by atoms with Crippen LogP contribution >= 0.6 is 47.8 Å². The third-order valence-electron chi connectivity index (χ3n) is 1.81. The molecular formula is C10H9Br3O. The van der Waals surface area contributed by atoms with E-state index in [4.69, 9.17) is 0 Å². The molecule has 0 aromatic heterocycles. The van der Waals surface area contributed by atoms with Crippen molar-refractivity contribution in [2.24, 2.45) is 0 Å². The number of carbonyl (C=O) groups is 1. The van der Waals surface area contributed by atoms with Crippen molar-refractivity contribution in [3.05, 3.63) is 35.9 Å². The summed E-state index contributed by atoms with van der Waals surface area (Å²) >= 11 is 10.0. The molecule has 1 aromatic carbocycles. The molecule has 0 bridgehead atoms. The fraction of sp³-hybridized carbons (Fsp3) is 0.300. The minimum Gasteiger partial charge on any atom is -0.297 e. The predicted octanol–water partition coefficient (Wildman–Crippen LogP) is 3.85. The van der Waals surface area contributed by atoms with Crippen molar-refractivity contribution in [1.82, 2.24) is 0 Å². The van der Waals surface area contributed by atoms with Gasteiger partial charge in [0, 0.05) is 0 Å². The molecule has 0 saturated heterocycles. The summed E-state index contributed by atoms with van der Waals surface area (Å²) in [6.45, 7) is 0. The van der Waals surface area contributed by atoms with Gasteiger partial charge in [-0.3, -0.25) is 4.79 Å². The molecular weight excluding hydrogens is 376 g/mol. The van der Waals surface area contributed by atoms with Crippen molar-refractivity contribution < 1.29 is 4.79 Å². The summed E-state index contributed by atoms with van der Waals surface area (Å²) in [5.74, 6) is 0.135. The number of benzene rings is 1. The molecule has 0 unspecified atom stereocenters. The van der Waals surface area contributed by atoms with E-state index in [1.165, 1.54) is 0 Å². The molecule has 0 aliphatic carbocycles. The Morgan fingerprint density at radius 3 is 2.29 bits per heavy atom. The minimum atomic E-state index is -0.190. The van der Waals surface area contributed by atoms with Crippen LogP contribution in [-0.2, 0) is 4.79 Å². The lowest BCUT2D eigenvalue weighted by Gasteiger charge is -2.14. The summed E-state index contributed by atoms with van der Waals surface area (Å²) in [5.41, 5.74) is 1.10. The number of alkyl halides is 3. The molecule has 0 amide bonds. The number of hydrogen-bond donors (Lipinski definition) is 0. The van der Waals surface area contributed by atoms with Gasteiger partial charge in [0.25, 0.3) is 0 Å². The fourth-order valence-electron chi connectivity index (χ4n) is 1.04. The molecule has 0 heterocycles. The third-order valence-corrected chi connectivity index (χ3v) is 5.17. The fourth-order valence-corrected chi connectivity index (χ4v) is 2.89. The first kappa shape index (κ1) is 12.4. The molecule has 2 atom stereocenters. The summed E-state index contributed by atoms with van der Waals surface area (Å²) in [7, 11) is 0. The van der Waals surface area contributed by atoms with E-state index in [0.29, 0.717) is 5.33 Å². The maximum atomic E-state index is 11.4. The third kappa shape index (κ3) is 3.17. The van der Waals surface area contributed by atoms with Gasteiger partial charge in [-0.05, 0) is 5.56 Å². The van der Waals surface area contributed by atoms with Gasteiger partial charge in [-0.2, -0.15) is 0 Å². The lowest BCUT2D eigenvalue weighted by Crippen LogP contribution is -2.19. The molecule has 1 aromatic rings. The standard InChI is InChI=1S/C10H9Br3O/c11-6-8(14)10(13)9(12)7-4-2-1-3-5-7/h1-5,9-10H,6H2/t9-,10+/m1/s1. The molecule has 0 aliphatic rings. The van der Waals surface area contributed by atoms with E-state index in [9.17, 15) is 4.79 Å². The normalized spacial score (nSPS) is 14.8. The first-order valence-electron chi connectivity index (χ1n) is 4.08. The first-order valence-corrected chi connectivity index (χ1v) is 7.04. The highest BCUT2D eigenvalue weighted by Gasteiger charge is 2.23. The number of rotatable bonds is 4. The quantitative estimate of drug-likeness (QED) is 0.721. The van der Waals surface area contributed by atoms with Crippen LogP contribution in [0.25, 0.3) is 0 Å². The van der Waals surface area contributed by atoms with Crippen molar-refractivity contribution >= 4 is 53.6 Å². The van der Waals surface area contributed by atoms with Crippen LogP contribution in [0.1, 0.15) is 10.4 Å². The van der Waals surface area contributed by atoms with E-state index in [1.54, 1.807) is 0 Å². The molecule has 0 aliphatic heterocycles. The summed E-state index contributed by atoms with van der Waals surface area (Å²) in [6, 6.07) is 9.87. The minimum absolute atomic E-state index is 0.0220. The van der Waals surface area contributed by atoms with Crippen LogP contribution in [0.4, 0.5) is 0 Å². The maximum Gasteiger partial charge on any atom is 0.158 e. The van der Waals surface area contributed by atoms with Crippen LogP contribution in [0.15, 0.2) is 30.3 Å². The Morgan fingerprint density at radius 1 is 1.21 bits per heavy atom. The second-order valence-corrected chi connectivity index (χ2v) is 5.35. The van der Waals surface area contributed by atoms with E-state index in [1.807, 2.05) is 30.3 Å². The van der Waals surface area contributed by atoms with Gasteiger partial charge in [-0.15, -0.1) is 0 Å². The summed E-state index contributed by atoms with van der Waals surface area (Å²) in [6.07, 6.45) is 0. The van der Waals surface area contributed by atoms with Gasteiger partial charge in [0.15, 0.2) is 5.78 Å². The van der Waals surface area contributed by atoms with Gasteiger partial charge in [-0.1, -0.05) is 78.1 Å². The molecule has 0 radical (unpaired) electrons. The van der Waals surface area contributed by atoms with Gasteiger partial charge in [0.2, 0.25) is 0 Å². The van der Waals surface area contributed by atoms with Crippen molar-refractivity contribution in [2.45, 2.75) is 9.65 Å². The van der Waals surface area contributed by atoms with E-state index in [-0.39, 0.29) is 15.4 Å². The van der Waals surface area contributed by atoms with Gasteiger partial charge in [-0.25, -0.2) is 0 Å². The molecule has 0 fully saturated rings. The highest BCUT2D eigenvalue weighted by molar-refractivity contribution is 9.12. The van der Waals surface area contributed by atoms with E-state index >= 15 is 0 Å². The van der Waals surface area contributed by atoms with Gasteiger partial charge in [0.05, 0.1) is 15.0 Å². The monoisotopic (exact) mass is 382 g/mol. The Labute approximate surface area is 109 Å². The molecule has 4 heteroatoms. The molecule has 76 valence electrons. The highest BCUT2D eigenvalue weighted by atomic mass is 79.9. The smallest absolute Gasteiger partial charge is 0.158 e. The molecule has 0 saturated carbocycles. The Kier molecular flexibility index (Phi) is 5.34. The zero-order valence-electron chi connectivity index (χ0n) is 7.29. The van der Waals surface area contributed by atoms with Gasteiger partial charge >= 0.3 is 0 Å². The number of ketones is 1. The van der Waals surface area contributed by atoms with E-state index < -0.39 is 0 Å². The van der Waals surface area contributed by atoms with Crippen molar-refractivity contribution in [1.29, 1.82) is 0 Å². The summed E-state index contributed by atoms with van der Waals surface area (Å²) in [5, 5.41) is 0.373. The lowest BCUT2D eigenvalue weighted by atomic mass is 10.1. The van der Waals surface area contributed by atoms with Crippen LogP contribution in [0.2, 0.25) is 0 Å². The summed E-state index contributed by atoms with van der Waals surface area (Å²) in [4.78, 5) is 11.2. The summed E-state index contributed by atoms with van der Waals surface area (Å²) < 4.78 is 0. The van der Waals surface area contributed by atoms with E-state index in [2.05, 4.69) is 47.8 Å². The van der Waals surface area contributed by atoms with Crippen LogP contribution in [0.5, 0.6) is 0 Å². The zero-order chi connectivity index (χ0) is 10.6. The topological polar surface area (TPSA) is 17.1 Å². The van der Waals surface area contributed by atoms with Crippen molar-refractivity contribution in [3.63, 3.8) is 0 Å². The number of halogens is 3. The number of carbonyl (C=O) groups excluding carboxylic acids is 1. The largest absolute Gasteiger partial charge is 0.297 e. The average molecular weight is 385 g/mol. The second-order valence-electron chi connectivity index (χ2n) is 2.81. The lowest BCUT2D eigenvalue weighted by molar-refractivity contribution is -0.115. The second kappa shape index (κ2) is 6.03. The van der Waals surface area contributed by atoms with E-state index in [0.717, 1.165) is 5.56 Å². The van der Waals surface area contributed by atoms with Crippen LogP contribution < -0.4 is 0 Å². The van der Waals surface area contributed by atoms with Gasteiger partial charge < -0.3 is 0 Å². The molecule has 14 heavy (non-hydrogen) atoms. The number of hydrogen-bond acceptors (Lipinski definition) is 1. The Bertz CT molecular complexity index is 299. The van der Waals surface area contributed by atoms with Gasteiger partial charge in [0.1, 0.15) is 0 Å². The van der Waals surface area contributed by atoms with Crippen LogP contribution in [-0.4, -0.2) is 15.9 Å². The highest BCUT2D eigenvalue weighted by Crippen LogP contribution is 2.31. The zero-order valence-corrected chi connectivity index (χ0v) is 12.0. The van der Waals surface area contributed by atoms with Crippen LogP contribution in [0, 0.1) is 0 Å². The Hall–Kier alpha value is 0.330.